The Morgan fingerprint density at radius 1 is 1.42 bits per heavy atom. The maximum Gasteiger partial charge on any atom is 0.360 e. The van der Waals surface area contributed by atoms with Gasteiger partial charge in [0.15, 0.2) is 0 Å². The van der Waals surface area contributed by atoms with Crippen molar-refractivity contribution >= 4 is 11.6 Å². The van der Waals surface area contributed by atoms with Crippen LogP contribution in [0.3, 0.4) is 0 Å². The average molecular weight is 260 g/mol. The van der Waals surface area contributed by atoms with Gasteiger partial charge in [-0.1, -0.05) is 0 Å². The van der Waals surface area contributed by atoms with E-state index in [-0.39, 0.29) is 12.3 Å². The average Bonchev–Trinajstić information content (AvgIpc) is 2.42. The Kier molecular flexibility index (Phi) is 4.04. The van der Waals surface area contributed by atoms with E-state index in [2.05, 4.69) is 15.0 Å². The number of carbonyl (C=O) groups excluding carboxylic acids is 1. The predicted molar refractivity (Wildman–Crippen MR) is 68.7 cm³/mol. The molecule has 0 aromatic carbocycles. The number of nitrogens with one attached hydrogen (secondary N) is 1. The highest BCUT2D eigenvalue weighted by molar-refractivity contribution is 5.91. The minimum Gasteiger partial charge on any atom is -0.421 e. The zero-order chi connectivity index (χ0) is 13.7. The van der Waals surface area contributed by atoms with Crippen molar-refractivity contribution in [2.24, 2.45) is 0 Å². The molecule has 0 atom stereocenters. The third kappa shape index (κ3) is 3.26. The first kappa shape index (κ1) is 13.0. The van der Waals surface area contributed by atoms with E-state index in [9.17, 15) is 9.59 Å². The highest BCUT2D eigenvalue weighted by Crippen LogP contribution is 2.17. The topological polar surface area (TPSA) is 81.4 Å². The van der Waals surface area contributed by atoms with E-state index in [0.29, 0.717) is 11.3 Å². The summed E-state index contributed by atoms with van der Waals surface area (Å²) in [5, 5.41) is 2.40. The van der Waals surface area contributed by atoms with Gasteiger partial charge in [0.2, 0.25) is 0 Å². The van der Waals surface area contributed by atoms with Crippen LogP contribution < -0.4 is 10.9 Å². The summed E-state index contributed by atoms with van der Waals surface area (Å²) in [5.74, 6) is -0.0215. The first-order valence-electron chi connectivity index (χ1n) is 5.54. The highest BCUT2D eigenvalue weighted by Gasteiger charge is 2.08. The molecule has 19 heavy (non-hydrogen) atoms. The normalized spacial score (nSPS) is 10.2. The van der Waals surface area contributed by atoms with Crippen molar-refractivity contribution in [2.75, 3.05) is 19.0 Å². The molecule has 1 N–H and O–H groups in total. The van der Waals surface area contributed by atoms with Gasteiger partial charge in [-0.15, -0.1) is 0 Å². The molecule has 0 aliphatic heterocycles. The Labute approximate surface area is 109 Å². The fourth-order valence-corrected chi connectivity index (χ4v) is 1.49. The Bertz CT molecular complexity index is 622. The molecule has 1 amide bonds. The molecule has 0 bridgehead atoms. The van der Waals surface area contributed by atoms with E-state index in [0.717, 1.165) is 0 Å². The summed E-state index contributed by atoms with van der Waals surface area (Å²) < 4.78 is 9.78. The molecule has 6 heteroatoms. The number of carbonyl (C=O) groups is 1. The minimum absolute atomic E-state index is 0.0784. The van der Waals surface area contributed by atoms with Crippen LogP contribution in [0, 0.1) is 0 Å². The molecule has 0 aliphatic rings. The van der Waals surface area contributed by atoms with E-state index < -0.39 is 11.5 Å². The molecule has 2 aromatic heterocycles. The number of hydrogen-bond acceptors (Lipinski definition) is 5. The second-order valence-electron chi connectivity index (χ2n) is 3.72. The van der Waals surface area contributed by atoms with Crippen molar-refractivity contribution in [3.05, 3.63) is 47.1 Å². The SMILES string of the molecule is COCC(=O)Nc1ccc(-c2cccnc2)oc1=O. The van der Waals surface area contributed by atoms with E-state index in [1.165, 1.54) is 13.2 Å². The van der Waals surface area contributed by atoms with Crippen LogP contribution in [-0.4, -0.2) is 24.6 Å². The molecule has 0 saturated heterocycles. The molecule has 0 fully saturated rings. The third-order valence-electron chi connectivity index (χ3n) is 2.32. The second kappa shape index (κ2) is 5.92. The van der Waals surface area contributed by atoms with Gasteiger partial charge in [0.25, 0.3) is 5.91 Å². The first-order valence-corrected chi connectivity index (χ1v) is 5.54. The van der Waals surface area contributed by atoms with Crippen LogP contribution in [0.1, 0.15) is 0 Å². The lowest BCUT2D eigenvalue weighted by atomic mass is 10.2. The number of ether oxygens (including phenoxy) is 1. The van der Waals surface area contributed by atoms with E-state index in [1.54, 1.807) is 30.6 Å². The van der Waals surface area contributed by atoms with Crippen LogP contribution in [0.15, 0.2) is 45.9 Å². The number of methoxy groups -OCH3 is 1. The minimum atomic E-state index is -0.620. The Morgan fingerprint density at radius 2 is 2.26 bits per heavy atom. The Balaban J connectivity index is 2.23. The van der Waals surface area contributed by atoms with Crippen LogP contribution in [0.25, 0.3) is 11.3 Å². The number of pyridine rings is 1. The predicted octanol–water partition coefficient (Wildman–Crippen LogP) is 1.29. The van der Waals surface area contributed by atoms with Crippen molar-refractivity contribution in [3.63, 3.8) is 0 Å². The summed E-state index contributed by atoms with van der Waals surface area (Å²) in [4.78, 5) is 26.9. The number of amides is 1. The van der Waals surface area contributed by atoms with Gasteiger partial charge in [-0.05, 0) is 24.3 Å². The van der Waals surface area contributed by atoms with Crippen molar-refractivity contribution in [2.45, 2.75) is 0 Å². The van der Waals surface area contributed by atoms with Gasteiger partial charge in [0, 0.05) is 25.1 Å². The fourth-order valence-electron chi connectivity index (χ4n) is 1.49. The summed E-state index contributed by atoms with van der Waals surface area (Å²) in [7, 11) is 1.40. The zero-order valence-corrected chi connectivity index (χ0v) is 10.3. The zero-order valence-electron chi connectivity index (χ0n) is 10.3. The van der Waals surface area contributed by atoms with Gasteiger partial charge in [-0.25, -0.2) is 4.79 Å². The van der Waals surface area contributed by atoms with Gasteiger partial charge >= 0.3 is 5.63 Å². The van der Waals surface area contributed by atoms with Gasteiger partial charge in [-0.2, -0.15) is 0 Å². The fraction of sp³-hybridized carbons (Fsp3) is 0.154. The van der Waals surface area contributed by atoms with Crippen LogP contribution in [0.2, 0.25) is 0 Å². The molecule has 2 aromatic rings. The second-order valence-corrected chi connectivity index (χ2v) is 3.72. The molecule has 0 unspecified atom stereocenters. The molecular formula is C13H12N2O4. The lowest BCUT2D eigenvalue weighted by Crippen LogP contribution is -2.21. The van der Waals surface area contributed by atoms with E-state index in [4.69, 9.17) is 4.42 Å². The lowest BCUT2D eigenvalue weighted by Gasteiger charge is -2.04. The lowest BCUT2D eigenvalue weighted by molar-refractivity contribution is -0.119. The number of anilines is 1. The number of nitrogens with zero attached hydrogens (tertiary/aromatic N) is 1. The molecule has 0 aliphatic carbocycles. The smallest absolute Gasteiger partial charge is 0.360 e. The maximum absolute atomic E-state index is 11.7. The van der Waals surface area contributed by atoms with Crippen LogP contribution >= 0.6 is 0 Å². The molecule has 2 heterocycles. The van der Waals surface area contributed by atoms with Crippen LogP contribution in [0.5, 0.6) is 0 Å². The van der Waals surface area contributed by atoms with Crippen LogP contribution in [0.4, 0.5) is 5.69 Å². The molecule has 0 radical (unpaired) electrons. The quantitative estimate of drug-likeness (QED) is 0.895. The van der Waals surface area contributed by atoms with Crippen molar-refractivity contribution < 1.29 is 13.9 Å². The van der Waals surface area contributed by atoms with Crippen molar-refractivity contribution in [1.82, 2.24) is 4.98 Å². The maximum atomic E-state index is 11.7. The standard InChI is InChI=1S/C13H12N2O4/c1-18-8-12(16)15-10-4-5-11(19-13(10)17)9-3-2-6-14-7-9/h2-7H,8H2,1H3,(H,15,16). The van der Waals surface area contributed by atoms with Gasteiger partial charge in [0.05, 0.1) is 0 Å². The summed E-state index contributed by atoms with van der Waals surface area (Å²) in [6.07, 6.45) is 3.21. The van der Waals surface area contributed by atoms with Gasteiger partial charge < -0.3 is 14.5 Å². The number of hydrogen-bond donors (Lipinski definition) is 1. The third-order valence-corrected chi connectivity index (χ3v) is 2.32. The molecule has 0 saturated carbocycles. The summed E-state index contributed by atoms with van der Waals surface area (Å²) >= 11 is 0. The highest BCUT2D eigenvalue weighted by atomic mass is 16.5. The van der Waals surface area contributed by atoms with Gasteiger partial charge in [0.1, 0.15) is 18.1 Å². The molecule has 98 valence electrons. The summed E-state index contributed by atoms with van der Waals surface area (Å²) in [6, 6.07) is 6.60. The Morgan fingerprint density at radius 3 is 2.89 bits per heavy atom. The monoisotopic (exact) mass is 260 g/mol. The van der Waals surface area contributed by atoms with E-state index >= 15 is 0 Å². The molecular weight excluding hydrogens is 248 g/mol. The molecule has 6 nitrogen and oxygen atoms in total. The summed E-state index contributed by atoms with van der Waals surface area (Å²) in [6.45, 7) is -0.121. The van der Waals surface area contributed by atoms with Gasteiger partial charge in [-0.3, -0.25) is 9.78 Å². The van der Waals surface area contributed by atoms with Crippen molar-refractivity contribution in [1.29, 1.82) is 0 Å². The first-order chi connectivity index (χ1) is 9.20. The van der Waals surface area contributed by atoms with Crippen LogP contribution in [-0.2, 0) is 9.53 Å². The number of aromatic nitrogens is 1. The largest absolute Gasteiger partial charge is 0.421 e. The van der Waals surface area contributed by atoms with E-state index in [1.807, 2.05) is 0 Å². The summed E-state index contributed by atoms with van der Waals surface area (Å²) in [5.41, 5.74) is 0.148. The number of rotatable bonds is 4. The van der Waals surface area contributed by atoms with Crippen molar-refractivity contribution in [3.8, 4) is 11.3 Å². The Hall–Kier alpha value is -2.47. The molecule has 2 rings (SSSR count). The molecule has 0 spiro atoms.